The Morgan fingerprint density at radius 2 is 2.25 bits per heavy atom. The first-order valence-electron chi connectivity index (χ1n) is 7.76. The highest BCUT2D eigenvalue weighted by molar-refractivity contribution is 5.65. The average Bonchev–Trinajstić information content (AvgIpc) is 2.87. The zero-order valence-electron chi connectivity index (χ0n) is 12.8. The number of hydrogen-bond donors (Lipinski definition) is 0. The summed E-state index contributed by atoms with van der Waals surface area (Å²) in [4.78, 5) is 2.46. The fraction of sp³-hybridized carbons (Fsp3) is 0.556. The fourth-order valence-electron chi connectivity index (χ4n) is 2.96. The van der Waals surface area contributed by atoms with Gasteiger partial charge in [-0.2, -0.15) is 0 Å². The highest BCUT2D eigenvalue weighted by atomic mass is 19.1. The van der Waals surface area contributed by atoms with E-state index in [-0.39, 0.29) is 5.82 Å². The van der Waals surface area contributed by atoms with Crippen molar-refractivity contribution >= 4 is 5.57 Å². The van der Waals surface area contributed by atoms with Crippen molar-refractivity contribution in [1.29, 1.82) is 0 Å². The standard InChI is InChI=1S/C18H26FN/c1-4-5-6-16-9-10-20(13-16)12-15(3)17-8-7-14(2)18(19)11-17/h7-8,11,16H,3-6,9-10,12-13H2,1-2H3. The zero-order chi connectivity index (χ0) is 14.5. The molecule has 1 atom stereocenters. The molecule has 1 fully saturated rings. The average molecular weight is 275 g/mol. The van der Waals surface area contributed by atoms with Gasteiger partial charge in [0.2, 0.25) is 0 Å². The van der Waals surface area contributed by atoms with Crippen molar-refractivity contribution in [3.8, 4) is 0 Å². The molecule has 0 bridgehead atoms. The van der Waals surface area contributed by atoms with Gasteiger partial charge in [0.1, 0.15) is 5.82 Å². The summed E-state index contributed by atoms with van der Waals surface area (Å²) in [7, 11) is 0. The lowest BCUT2D eigenvalue weighted by Crippen LogP contribution is -2.22. The molecule has 2 heteroatoms. The Labute approximate surface area is 122 Å². The Morgan fingerprint density at radius 1 is 1.45 bits per heavy atom. The van der Waals surface area contributed by atoms with Crippen LogP contribution in [0.3, 0.4) is 0 Å². The van der Waals surface area contributed by atoms with Gasteiger partial charge >= 0.3 is 0 Å². The van der Waals surface area contributed by atoms with Gasteiger partial charge in [-0.25, -0.2) is 4.39 Å². The van der Waals surface area contributed by atoms with E-state index in [1.807, 2.05) is 12.1 Å². The fourth-order valence-corrected chi connectivity index (χ4v) is 2.96. The minimum Gasteiger partial charge on any atom is -0.299 e. The minimum absolute atomic E-state index is 0.133. The molecule has 1 aliphatic heterocycles. The summed E-state index contributed by atoms with van der Waals surface area (Å²) in [5, 5.41) is 0. The molecule has 0 N–H and O–H groups in total. The molecule has 20 heavy (non-hydrogen) atoms. The van der Waals surface area contributed by atoms with E-state index in [4.69, 9.17) is 0 Å². The lowest BCUT2D eigenvalue weighted by atomic mass is 10.0. The third kappa shape index (κ3) is 3.92. The van der Waals surface area contributed by atoms with Crippen LogP contribution in [-0.2, 0) is 0 Å². The van der Waals surface area contributed by atoms with E-state index < -0.39 is 0 Å². The molecule has 0 aliphatic carbocycles. The molecule has 0 aromatic heterocycles. The van der Waals surface area contributed by atoms with Gasteiger partial charge in [0, 0.05) is 13.1 Å². The molecule has 1 aromatic carbocycles. The van der Waals surface area contributed by atoms with Crippen LogP contribution in [0.4, 0.5) is 4.39 Å². The van der Waals surface area contributed by atoms with Crippen LogP contribution in [0.2, 0.25) is 0 Å². The van der Waals surface area contributed by atoms with Gasteiger partial charge in [-0.05, 0) is 55.0 Å². The van der Waals surface area contributed by atoms with Crippen molar-refractivity contribution in [2.75, 3.05) is 19.6 Å². The van der Waals surface area contributed by atoms with Gasteiger partial charge in [0.25, 0.3) is 0 Å². The first-order chi connectivity index (χ1) is 9.60. The van der Waals surface area contributed by atoms with Crippen LogP contribution in [0.25, 0.3) is 5.57 Å². The molecule has 2 rings (SSSR count). The van der Waals surface area contributed by atoms with Crippen LogP contribution in [0.15, 0.2) is 24.8 Å². The largest absolute Gasteiger partial charge is 0.299 e. The summed E-state index contributed by atoms with van der Waals surface area (Å²) >= 11 is 0. The summed E-state index contributed by atoms with van der Waals surface area (Å²) < 4.78 is 13.6. The quantitative estimate of drug-likeness (QED) is 0.730. The van der Waals surface area contributed by atoms with E-state index in [0.717, 1.165) is 30.1 Å². The first-order valence-corrected chi connectivity index (χ1v) is 7.76. The molecule has 0 spiro atoms. The third-order valence-corrected chi connectivity index (χ3v) is 4.33. The second-order valence-electron chi connectivity index (χ2n) is 6.10. The summed E-state index contributed by atoms with van der Waals surface area (Å²) in [5.74, 6) is 0.711. The molecule has 1 aliphatic rings. The summed E-state index contributed by atoms with van der Waals surface area (Å²) in [6.45, 7) is 11.4. The molecule has 0 saturated carbocycles. The van der Waals surface area contributed by atoms with Crippen molar-refractivity contribution < 1.29 is 4.39 Å². The van der Waals surface area contributed by atoms with Gasteiger partial charge in [-0.15, -0.1) is 0 Å². The highest BCUT2D eigenvalue weighted by Crippen LogP contribution is 2.24. The van der Waals surface area contributed by atoms with Gasteiger partial charge in [-0.1, -0.05) is 38.5 Å². The van der Waals surface area contributed by atoms with E-state index in [0.29, 0.717) is 5.56 Å². The number of nitrogens with zero attached hydrogens (tertiary/aromatic N) is 1. The van der Waals surface area contributed by atoms with Crippen LogP contribution in [0, 0.1) is 18.7 Å². The molecule has 1 saturated heterocycles. The zero-order valence-corrected chi connectivity index (χ0v) is 12.8. The highest BCUT2D eigenvalue weighted by Gasteiger charge is 2.22. The lowest BCUT2D eigenvalue weighted by Gasteiger charge is -2.18. The maximum atomic E-state index is 13.6. The molecule has 0 radical (unpaired) electrons. The molecular weight excluding hydrogens is 249 g/mol. The van der Waals surface area contributed by atoms with Crippen molar-refractivity contribution in [3.63, 3.8) is 0 Å². The van der Waals surface area contributed by atoms with Crippen molar-refractivity contribution in [3.05, 3.63) is 41.7 Å². The topological polar surface area (TPSA) is 3.24 Å². The molecule has 1 nitrogen and oxygen atoms in total. The van der Waals surface area contributed by atoms with E-state index in [1.54, 1.807) is 13.0 Å². The number of hydrogen-bond acceptors (Lipinski definition) is 1. The van der Waals surface area contributed by atoms with Crippen molar-refractivity contribution in [2.45, 2.75) is 39.5 Å². The van der Waals surface area contributed by atoms with Gasteiger partial charge < -0.3 is 0 Å². The van der Waals surface area contributed by atoms with Gasteiger partial charge in [-0.3, -0.25) is 4.90 Å². The van der Waals surface area contributed by atoms with Crippen LogP contribution in [0.1, 0.15) is 43.7 Å². The summed E-state index contributed by atoms with van der Waals surface area (Å²) in [6.07, 6.45) is 5.27. The predicted octanol–water partition coefficient (Wildman–Crippen LogP) is 4.66. The molecule has 110 valence electrons. The number of aryl methyl sites for hydroxylation is 1. The van der Waals surface area contributed by atoms with Crippen LogP contribution >= 0.6 is 0 Å². The van der Waals surface area contributed by atoms with E-state index in [1.165, 1.54) is 32.2 Å². The number of unbranched alkanes of at least 4 members (excludes halogenated alkanes) is 1. The van der Waals surface area contributed by atoms with E-state index >= 15 is 0 Å². The van der Waals surface area contributed by atoms with E-state index in [9.17, 15) is 4.39 Å². The van der Waals surface area contributed by atoms with Gasteiger partial charge in [0.05, 0.1) is 0 Å². The smallest absolute Gasteiger partial charge is 0.126 e. The summed E-state index contributed by atoms with van der Waals surface area (Å²) in [5.41, 5.74) is 2.66. The lowest BCUT2D eigenvalue weighted by molar-refractivity contribution is 0.356. The molecular formula is C18H26FN. The Hall–Kier alpha value is -1.15. The van der Waals surface area contributed by atoms with Crippen molar-refractivity contribution in [2.24, 2.45) is 5.92 Å². The molecule has 1 unspecified atom stereocenters. The van der Waals surface area contributed by atoms with Crippen LogP contribution in [-0.4, -0.2) is 24.5 Å². The second kappa shape index (κ2) is 7.03. The first kappa shape index (κ1) is 15.2. The Morgan fingerprint density at radius 3 is 2.95 bits per heavy atom. The minimum atomic E-state index is -0.133. The Bertz CT molecular complexity index is 466. The maximum absolute atomic E-state index is 13.6. The third-order valence-electron chi connectivity index (χ3n) is 4.33. The number of benzene rings is 1. The molecule has 1 aromatic rings. The number of likely N-dealkylation sites (tertiary alicyclic amines) is 1. The maximum Gasteiger partial charge on any atom is 0.126 e. The monoisotopic (exact) mass is 275 g/mol. The molecule has 0 amide bonds. The normalized spacial score (nSPS) is 19.4. The number of rotatable bonds is 6. The second-order valence-corrected chi connectivity index (χ2v) is 6.10. The SMILES string of the molecule is C=C(CN1CCC(CCCC)C1)c1ccc(C)c(F)c1. The summed E-state index contributed by atoms with van der Waals surface area (Å²) in [6, 6.07) is 5.43. The molecule has 1 heterocycles. The van der Waals surface area contributed by atoms with Crippen molar-refractivity contribution in [1.82, 2.24) is 4.90 Å². The Balaban J connectivity index is 1.87. The van der Waals surface area contributed by atoms with Gasteiger partial charge in [0.15, 0.2) is 0 Å². The van der Waals surface area contributed by atoms with E-state index in [2.05, 4.69) is 18.4 Å². The predicted molar refractivity (Wildman–Crippen MR) is 84.2 cm³/mol. The van der Waals surface area contributed by atoms with Crippen LogP contribution in [0.5, 0.6) is 0 Å². The van der Waals surface area contributed by atoms with Crippen LogP contribution < -0.4 is 0 Å². The Kier molecular flexibility index (Phi) is 5.36. The number of halogens is 1.